The molecule has 0 spiro atoms. The van der Waals surface area contributed by atoms with E-state index in [4.69, 9.17) is 34.2 Å². The van der Waals surface area contributed by atoms with E-state index in [1.165, 1.54) is 53.8 Å². The molecule has 2 aliphatic heterocycles. The summed E-state index contributed by atoms with van der Waals surface area (Å²) in [5.74, 6) is -2.55. The highest BCUT2D eigenvalue weighted by Gasteiger charge is 2.57. The van der Waals surface area contributed by atoms with Crippen LogP contribution in [0.5, 0.6) is 28.7 Å². The number of likely N-dealkylation sites (tertiary alicyclic amines) is 1. The van der Waals surface area contributed by atoms with E-state index < -0.39 is 53.0 Å². The molecule has 1 aliphatic carbocycles. The quantitative estimate of drug-likeness (QED) is 0.0322. The van der Waals surface area contributed by atoms with Gasteiger partial charge in [0.2, 0.25) is 23.6 Å². The molecular formula is C64H67F2N7O12S. The maximum atomic E-state index is 15.9. The fraction of sp³-hybridized carbons (Fsp3) is 0.359. The molecule has 4 heterocycles. The Hall–Kier alpha value is -8.57. The van der Waals surface area contributed by atoms with Gasteiger partial charge in [0.15, 0.2) is 23.1 Å². The van der Waals surface area contributed by atoms with Crippen LogP contribution >= 0.6 is 11.3 Å². The number of anilines is 2. The Morgan fingerprint density at radius 1 is 0.826 bits per heavy atom. The van der Waals surface area contributed by atoms with Gasteiger partial charge in [-0.25, -0.2) is 13.8 Å². The Balaban J connectivity index is 0.674. The lowest BCUT2D eigenvalue weighted by molar-refractivity contribution is -0.143. The molecule has 3 aliphatic rings. The smallest absolute Gasteiger partial charge is 0.255 e. The van der Waals surface area contributed by atoms with Gasteiger partial charge in [0.25, 0.3) is 5.91 Å². The number of hydrogen-bond donors (Lipinski definition) is 3. The molecule has 1 saturated carbocycles. The number of aliphatic hydroxyl groups is 1. The maximum absolute atomic E-state index is 15.9. The van der Waals surface area contributed by atoms with E-state index in [1.807, 2.05) is 51.1 Å². The first-order valence-corrected chi connectivity index (χ1v) is 29.4. The highest BCUT2D eigenvalue weighted by atomic mass is 32.1. The van der Waals surface area contributed by atoms with Gasteiger partial charge in [-0.3, -0.25) is 33.9 Å². The number of amides is 5. The minimum absolute atomic E-state index is 0.0214. The molecule has 10 rings (SSSR count). The zero-order valence-corrected chi connectivity index (χ0v) is 48.9. The molecule has 2 aromatic heterocycles. The zero-order valence-electron chi connectivity index (χ0n) is 48.1. The summed E-state index contributed by atoms with van der Waals surface area (Å²) < 4.78 is 65.6. The van der Waals surface area contributed by atoms with Crippen LogP contribution in [0.4, 0.5) is 20.2 Å². The lowest BCUT2D eigenvalue weighted by atomic mass is 10.0. The molecular weight excluding hydrogens is 1130 g/mol. The molecule has 0 radical (unpaired) electrons. The summed E-state index contributed by atoms with van der Waals surface area (Å²) in [6.45, 7) is 8.15. The van der Waals surface area contributed by atoms with Gasteiger partial charge in [-0.2, -0.15) is 0 Å². The second kappa shape index (κ2) is 26.8. The van der Waals surface area contributed by atoms with Gasteiger partial charge in [0.1, 0.15) is 34.8 Å². The third-order valence-corrected chi connectivity index (χ3v) is 16.5. The highest BCUT2D eigenvalue weighted by molar-refractivity contribution is 7.13. The van der Waals surface area contributed by atoms with Crippen molar-refractivity contribution in [3.8, 4) is 39.2 Å². The van der Waals surface area contributed by atoms with Crippen molar-refractivity contribution in [1.82, 2.24) is 25.1 Å². The number of pyridine rings is 1. The number of halogens is 2. The van der Waals surface area contributed by atoms with Gasteiger partial charge in [-0.05, 0) is 97.5 Å². The summed E-state index contributed by atoms with van der Waals surface area (Å²) in [5.41, 5.74) is 10.7. The molecule has 2 fully saturated rings. The average Bonchev–Trinajstić information content (AvgIpc) is 1.65. The van der Waals surface area contributed by atoms with Crippen molar-refractivity contribution in [2.75, 3.05) is 58.2 Å². The molecule has 1 saturated heterocycles. The van der Waals surface area contributed by atoms with E-state index in [9.17, 15) is 33.5 Å². The largest absolute Gasteiger partial charge is 0.493 e. The number of aryl methyl sites for hydroxylation is 1. The normalized spacial score (nSPS) is 16.3. The van der Waals surface area contributed by atoms with Crippen LogP contribution in [0, 0.1) is 29.9 Å². The van der Waals surface area contributed by atoms with Crippen LogP contribution in [0.1, 0.15) is 73.1 Å². The first-order chi connectivity index (χ1) is 41.5. The number of benzene rings is 5. The first kappa shape index (κ1) is 60.5. The lowest BCUT2D eigenvalue weighted by Crippen LogP contribution is -2.55. The number of nitrogens with zero attached hydrogens (tertiary/aromatic N) is 5. The second-order valence-corrected chi connectivity index (χ2v) is 22.6. The van der Waals surface area contributed by atoms with Crippen molar-refractivity contribution in [2.45, 2.75) is 84.2 Å². The number of primary amides is 1. The van der Waals surface area contributed by atoms with Crippen LogP contribution in [0.15, 0.2) is 115 Å². The number of rotatable bonds is 27. The predicted molar refractivity (Wildman–Crippen MR) is 316 cm³/mol. The number of nitrogens with one attached hydrogen (secondary N) is 1. The van der Waals surface area contributed by atoms with Crippen molar-refractivity contribution in [1.29, 1.82) is 0 Å². The van der Waals surface area contributed by atoms with Crippen molar-refractivity contribution < 1.29 is 66.3 Å². The SMILES string of the molecule is COc1cc2c(Oc3ccc(N(C(=O)C4(C(N)=O)CC4)c4ccc(F)cc4)cc3F)ccnc2cc1OCCCOCCOCCCOc1cc(-c2scnc2C)ccc1CNC(=O)[C@@H]1C[C@@H](O)CN1C(=O)C(C(C)C)N1Cc2ccccc2C1=O. The van der Waals surface area contributed by atoms with Crippen molar-refractivity contribution >= 4 is 63.2 Å². The summed E-state index contributed by atoms with van der Waals surface area (Å²) in [7, 11) is 1.49. The average molecular weight is 1200 g/mol. The molecule has 1 unspecified atom stereocenters. The van der Waals surface area contributed by atoms with Crippen molar-refractivity contribution in [3.05, 3.63) is 149 Å². The first-order valence-electron chi connectivity index (χ1n) is 28.5. The maximum Gasteiger partial charge on any atom is 0.255 e. The summed E-state index contributed by atoms with van der Waals surface area (Å²) in [6.07, 6.45) is 2.27. The number of ether oxygens (including phenoxy) is 6. The van der Waals surface area contributed by atoms with Crippen molar-refractivity contribution in [3.63, 3.8) is 0 Å². The van der Waals surface area contributed by atoms with Gasteiger partial charge in [0.05, 0.1) is 66.9 Å². The van der Waals surface area contributed by atoms with Gasteiger partial charge < -0.3 is 54.4 Å². The van der Waals surface area contributed by atoms with Crippen LogP contribution in [0.2, 0.25) is 0 Å². The number of aromatic nitrogens is 2. The number of hydrogen-bond acceptors (Lipinski definition) is 15. The third kappa shape index (κ3) is 13.3. The van der Waals surface area contributed by atoms with Crippen LogP contribution in [-0.2, 0) is 41.7 Å². The molecule has 450 valence electrons. The summed E-state index contributed by atoms with van der Waals surface area (Å²) in [5, 5.41) is 14.3. The Bertz CT molecular complexity index is 3640. The molecule has 86 heavy (non-hydrogen) atoms. The molecule has 5 aromatic carbocycles. The number of thiazole rings is 1. The molecule has 0 bridgehead atoms. The van der Waals surface area contributed by atoms with Crippen LogP contribution in [0.25, 0.3) is 21.3 Å². The number of β-amino-alcohol motifs (C(OH)–C–C–N with tert-alkyl or cyclic N) is 1. The predicted octanol–water partition coefficient (Wildman–Crippen LogP) is 9.21. The highest BCUT2D eigenvalue weighted by Crippen LogP contribution is 2.49. The Morgan fingerprint density at radius 3 is 2.21 bits per heavy atom. The number of methoxy groups -OCH3 is 1. The fourth-order valence-corrected chi connectivity index (χ4v) is 11.6. The minimum atomic E-state index is -1.43. The monoisotopic (exact) mass is 1200 g/mol. The third-order valence-electron chi connectivity index (χ3n) is 15.5. The number of carbonyl (C=O) groups is 5. The molecule has 5 amide bonds. The van der Waals surface area contributed by atoms with Crippen LogP contribution in [0.3, 0.4) is 0 Å². The van der Waals surface area contributed by atoms with Gasteiger partial charge >= 0.3 is 0 Å². The molecule has 7 aromatic rings. The summed E-state index contributed by atoms with van der Waals surface area (Å²) >= 11 is 1.51. The second-order valence-electron chi connectivity index (χ2n) is 21.7. The van der Waals surface area contributed by atoms with Crippen molar-refractivity contribution in [2.24, 2.45) is 17.1 Å². The molecule has 4 N–H and O–H groups in total. The van der Waals surface area contributed by atoms with E-state index in [2.05, 4.69) is 15.3 Å². The fourth-order valence-electron chi connectivity index (χ4n) is 10.8. The number of nitrogens with two attached hydrogens (primary N) is 1. The summed E-state index contributed by atoms with van der Waals surface area (Å²) in [6, 6.07) is 25.2. The minimum Gasteiger partial charge on any atom is -0.493 e. The van der Waals surface area contributed by atoms with Crippen LogP contribution < -0.4 is 34.9 Å². The molecule has 19 nitrogen and oxygen atoms in total. The van der Waals surface area contributed by atoms with Gasteiger partial charge in [-0.1, -0.05) is 44.2 Å². The van der Waals surface area contributed by atoms with E-state index in [0.29, 0.717) is 92.7 Å². The van der Waals surface area contributed by atoms with E-state index in [0.717, 1.165) is 50.4 Å². The Kier molecular flexibility index (Phi) is 18.9. The Labute approximate surface area is 499 Å². The summed E-state index contributed by atoms with van der Waals surface area (Å²) in [4.78, 5) is 81.9. The van der Waals surface area contributed by atoms with E-state index in [1.54, 1.807) is 40.7 Å². The van der Waals surface area contributed by atoms with Gasteiger partial charge in [-0.15, -0.1) is 11.3 Å². The lowest BCUT2D eigenvalue weighted by Gasteiger charge is -2.35. The van der Waals surface area contributed by atoms with Crippen LogP contribution in [-0.4, -0.2) is 126 Å². The number of fused-ring (bicyclic) bond motifs is 2. The number of carbonyl (C=O) groups excluding carboxylic acids is 5. The van der Waals surface area contributed by atoms with E-state index >= 15 is 4.39 Å². The Morgan fingerprint density at radius 2 is 1.55 bits per heavy atom. The zero-order chi connectivity index (χ0) is 60.6. The van der Waals surface area contributed by atoms with Gasteiger partial charge in [0, 0.05) is 92.6 Å². The molecule has 22 heteroatoms. The topological polar surface area (TPSA) is 235 Å². The van der Waals surface area contributed by atoms with E-state index in [-0.39, 0.29) is 73.0 Å². The standard InChI is InChI=1S/C64H67F2N7O12S/c1-38(2)57(72-35-42-9-5-6-10-47(42)60(72)76)61(77)71-36-46(74)31-51(71)59(75)69-34-41-12-11-40(58-39(3)70-37-86-58)29-54(41)83-25-7-23-81-27-28-82-24-8-26-84-56-33-50-48(32-55(56)80-4)52(19-22-68-50)85-53-18-17-45(30-49(53)66)73(44-15-13-43(65)14-16-44)63(79)64(20-21-64)62(67)78/h5-6,9-19,22,29-30,32-33,37-38,46,51,57,74H,7-8,20-21,23-28,31,34-36H2,1-4H3,(H2,67,78)(H,69,75)/t46-,51+,57?/m1/s1. The number of aliphatic hydroxyl groups excluding tert-OH is 1. The molecule has 3 atom stereocenters.